The number of piperidine rings is 1. The summed E-state index contributed by atoms with van der Waals surface area (Å²) in [5.74, 6) is 1.81. The van der Waals surface area contributed by atoms with Crippen molar-refractivity contribution in [3.05, 3.63) is 0 Å². The SMILES string of the molecule is CC(C)C1CCCN(C(C)C)C1. The van der Waals surface area contributed by atoms with Gasteiger partial charge in [-0.25, -0.2) is 0 Å². The molecule has 1 aliphatic rings. The molecular formula is C11H23N. The van der Waals surface area contributed by atoms with Crippen LogP contribution in [-0.2, 0) is 0 Å². The third-order valence-electron chi connectivity index (χ3n) is 3.16. The molecule has 0 aliphatic carbocycles. The summed E-state index contributed by atoms with van der Waals surface area (Å²) in [7, 11) is 0. The maximum atomic E-state index is 2.62. The van der Waals surface area contributed by atoms with Gasteiger partial charge >= 0.3 is 0 Å². The summed E-state index contributed by atoms with van der Waals surface area (Å²) < 4.78 is 0. The van der Waals surface area contributed by atoms with Gasteiger partial charge in [0.05, 0.1) is 0 Å². The Morgan fingerprint density at radius 3 is 2.33 bits per heavy atom. The van der Waals surface area contributed by atoms with Gasteiger partial charge in [-0.1, -0.05) is 13.8 Å². The highest BCUT2D eigenvalue weighted by molar-refractivity contribution is 4.76. The van der Waals surface area contributed by atoms with Crippen LogP contribution in [0.15, 0.2) is 0 Å². The smallest absolute Gasteiger partial charge is 0.00387 e. The molecule has 1 aliphatic heterocycles. The van der Waals surface area contributed by atoms with E-state index >= 15 is 0 Å². The van der Waals surface area contributed by atoms with Crippen LogP contribution in [0.2, 0.25) is 0 Å². The molecule has 0 bridgehead atoms. The molecule has 0 aromatic carbocycles. The highest BCUT2D eigenvalue weighted by atomic mass is 15.2. The van der Waals surface area contributed by atoms with E-state index in [0.717, 1.165) is 17.9 Å². The zero-order chi connectivity index (χ0) is 9.14. The molecular weight excluding hydrogens is 146 g/mol. The Labute approximate surface area is 77.1 Å². The summed E-state index contributed by atoms with van der Waals surface area (Å²) >= 11 is 0. The minimum absolute atomic E-state index is 0.742. The van der Waals surface area contributed by atoms with Crippen LogP contribution in [0, 0.1) is 11.8 Å². The topological polar surface area (TPSA) is 3.24 Å². The fourth-order valence-corrected chi connectivity index (χ4v) is 2.05. The zero-order valence-electron chi connectivity index (χ0n) is 9.01. The first-order valence-electron chi connectivity index (χ1n) is 5.35. The van der Waals surface area contributed by atoms with Gasteiger partial charge in [-0.05, 0) is 45.1 Å². The summed E-state index contributed by atoms with van der Waals surface area (Å²) in [4.78, 5) is 2.62. The van der Waals surface area contributed by atoms with E-state index < -0.39 is 0 Å². The molecule has 72 valence electrons. The molecule has 0 aromatic rings. The first-order chi connectivity index (χ1) is 5.61. The van der Waals surface area contributed by atoms with E-state index in [9.17, 15) is 0 Å². The average Bonchev–Trinajstić information content (AvgIpc) is 2.04. The minimum Gasteiger partial charge on any atom is -0.301 e. The molecule has 0 spiro atoms. The molecule has 0 amide bonds. The number of hydrogen-bond donors (Lipinski definition) is 0. The monoisotopic (exact) mass is 169 g/mol. The van der Waals surface area contributed by atoms with Crippen molar-refractivity contribution in [2.75, 3.05) is 13.1 Å². The summed E-state index contributed by atoms with van der Waals surface area (Å²) in [5, 5.41) is 0. The normalized spacial score (nSPS) is 27.0. The molecule has 1 rings (SSSR count). The van der Waals surface area contributed by atoms with Gasteiger partial charge in [0.1, 0.15) is 0 Å². The van der Waals surface area contributed by atoms with Crippen LogP contribution in [0.3, 0.4) is 0 Å². The van der Waals surface area contributed by atoms with Crippen LogP contribution >= 0.6 is 0 Å². The van der Waals surface area contributed by atoms with Gasteiger partial charge in [0.2, 0.25) is 0 Å². The van der Waals surface area contributed by atoms with Crippen LogP contribution < -0.4 is 0 Å². The third kappa shape index (κ3) is 2.48. The van der Waals surface area contributed by atoms with Crippen LogP contribution in [-0.4, -0.2) is 24.0 Å². The molecule has 1 fully saturated rings. The first-order valence-corrected chi connectivity index (χ1v) is 5.35. The second kappa shape index (κ2) is 4.27. The van der Waals surface area contributed by atoms with E-state index in [2.05, 4.69) is 32.6 Å². The number of rotatable bonds is 2. The van der Waals surface area contributed by atoms with Crippen molar-refractivity contribution < 1.29 is 0 Å². The van der Waals surface area contributed by atoms with Crippen molar-refractivity contribution in [1.82, 2.24) is 4.90 Å². The molecule has 0 radical (unpaired) electrons. The summed E-state index contributed by atoms with van der Waals surface area (Å²) in [6.07, 6.45) is 2.85. The predicted octanol–water partition coefficient (Wildman–Crippen LogP) is 2.76. The summed E-state index contributed by atoms with van der Waals surface area (Å²) in [6.45, 7) is 12.0. The largest absolute Gasteiger partial charge is 0.301 e. The third-order valence-corrected chi connectivity index (χ3v) is 3.16. The van der Waals surface area contributed by atoms with Crippen LogP contribution in [0.25, 0.3) is 0 Å². The Morgan fingerprint density at radius 2 is 1.83 bits per heavy atom. The summed E-state index contributed by atoms with van der Waals surface area (Å²) in [6, 6.07) is 0.742. The lowest BCUT2D eigenvalue weighted by Crippen LogP contribution is -2.41. The van der Waals surface area contributed by atoms with Gasteiger partial charge in [0.25, 0.3) is 0 Å². The van der Waals surface area contributed by atoms with E-state index in [1.807, 2.05) is 0 Å². The number of hydrogen-bond acceptors (Lipinski definition) is 1. The quantitative estimate of drug-likeness (QED) is 0.614. The fourth-order valence-electron chi connectivity index (χ4n) is 2.05. The number of likely N-dealkylation sites (tertiary alicyclic amines) is 1. The molecule has 1 saturated heterocycles. The van der Waals surface area contributed by atoms with E-state index in [1.165, 1.54) is 25.9 Å². The van der Waals surface area contributed by atoms with Gasteiger partial charge < -0.3 is 4.90 Å². The summed E-state index contributed by atoms with van der Waals surface area (Å²) in [5.41, 5.74) is 0. The minimum atomic E-state index is 0.742. The van der Waals surface area contributed by atoms with Crippen molar-refractivity contribution in [3.8, 4) is 0 Å². The molecule has 12 heavy (non-hydrogen) atoms. The maximum Gasteiger partial charge on any atom is 0.00387 e. The Kier molecular flexibility index (Phi) is 3.57. The van der Waals surface area contributed by atoms with E-state index in [0.29, 0.717) is 0 Å². The van der Waals surface area contributed by atoms with Gasteiger partial charge in [0.15, 0.2) is 0 Å². The molecule has 1 unspecified atom stereocenters. The fraction of sp³-hybridized carbons (Fsp3) is 1.00. The van der Waals surface area contributed by atoms with E-state index in [1.54, 1.807) is 0 Å². The van der Waals surface area contributed by atoms with Gasteiger partial charge in [-0.3, -0.25) is 0 Å². The van der Waals surface area contributed by atoms with Crippen molar-refractivity contribution in [1.29, 1.82) is 0 Å². The molecule has 1 nitrogen and oxygen atoms in total. The standard InChI is InChI=1S/C11H23N/c1-9(2)11-6-5-7-12(8-11)10(3)4/h9-11H,5-8H2,1-4H3. The Bertz CT molecular complexity index is 115. The highest BCUT2D eigenvalue weighted by Gasteiger charge is 2.23. The first kappa shape index (κ1) is 10.0. The van der Waals surface area contributed by atoms with Crippen molar-refractivity contribution in [2.45, 2.75) is 46.6 Å². The second-order valence-corrected chi connectivity index (χ2v) is 4.74. The Balaban J connectivity index is 2.40. The Morgan fingerprint density at radius 1 is 1.17 bits per heavy atom. The highest BCUT2D eigenvalue weighted by Crippen LogP contribution is 2.24. The van der Waals surface area contributed by atoms with E-state index in [-0.39, 0.29) is 0 Å². The van der Waals surface area contributed by atoms with Crippen molar-refractivity contribution >= 4 is 0 Å². The molecule has 1 atom stereocenters. The lowest BCUT2D eigenvalue weighted by molar-refractivity contribution is 0.117. The predicted molar refractivity (Wildman–Crippen MR) is 54.3 cm³/mol. The Hall–Kier alpha value is -0.0400. The molecule has 1 heteroatoms. The molecule has 0 N–H and O–H groups in total. The zero-order valence-corrected chi connectivity index (χ0v) is 9.01. The van der Waals surface area contributed by atoms with Crippen LogP contribution in [0.5, 0.6) is 0 Å². The average molecular weight is 169 g/mol. The van der Waals surface area contributed by atoms with Gasteiger partial charge in [0, 0.05) is 12.6 Å². The van der Waals surface area contributed by atoms with Crippen LogP contribution in [0.4, 0.5) is 0 Å². The van der Waals surface area contributed by atoms with Crippen LogP contribution in [0.1, 0.15) is 40.5 Å². The second-order valence-electron chi connectivity index (χ2n) is 4.74. The molecule has 0 saturated carbocycles. The van der Waals surface area contributed by atoms with Gasteiger partial charge in [-0.15, -0.1) is 0 Å². The van der Waals surface area contributed by atoms with Crippen molar-refractivity contribution in [2.24, 2.45) is 11.8 Å². The molecule has 1 heterocycles. The number of nitrogens with zero attached hydrogens (tertiary/aromatic N) is 1. The maximum absolute atomic E-state index is 2.62. The lowest BCUT2D eigenvalue weighted by atomic mass is 9.87. The molecule has 0 aromatic heterocycles. The van der Waals surface area contributed by atoms with E-state index in [4.69, 9.17) is 0 Å². The lowest BCUT2D eigenvalue weighted by Gasteiger charge is -2.37. The van der Waals surface area contributed by atoms with Gasteiger partial charge in [-0.2, -0.15) is 0 Å². The van der Waals surface area contributed by atoms with Crippen molar-refractivity contribution in [3.63, 3.8) is 0 Å².